The summed E-state index contributed by atoms with van der Waals surface area (Å²) in [5.74, 6) is 3.16. The van der Waals surface area contributed by atoms with E-state index >= 15 is 0 Å². The molecule has 0 aromatic rings. The number of carbonyl (C=O) groups is 1. The van der Waals surface area contributed by atoms with E-state index in [0.29, 0.717) is 11.3 Å². The molecule has 5 fully saturated rings. The minimum Gasteiger partial charge on any atom is -0.356 e. The van der Waals surface area contributed by atoms with Crippen molar-refractivity contribution < 1.29 is 4.79 Å². The third-order valence-corrected chi connectivity index (χ3v) is 6.88. The topological polar surface area (TPSA) is 44.4 Å². The quantitative estimate of drug-likeness (QED) is 0.736. The predicted molar refractivity (Wildman–Crippen MR) is 92.2 cm³/mol. The summed E-state index contributed by atoms with van der Waals surface area (Å²) in [6, 6.07) is 0. The summed E-state index contributed by atoms with van der Waals surface area (Å²) in [7, 11) is 0. The van der Waals surface area contributed by atoms with Gasteiger partial charge in [-0.05, 0) is 74.7 Å². The van der Waals surface area contributed by atoms with Crippen LogP contribution in [0.3, 0.4) is 0 Å². The van der Waals surface area contributed by atoms with Crippen LogP contribution in [0.2, 0.25) is 0 Å². The van der Waals surface area contributed by atoms with Gasteiger partial charge in [-0.1, -0.05) is 0 Å². The van der Waals surface area contributed by atoms with E-state index in [9.17, 15) is 4.79 Å². The molecule has 4 bridgehead atoms. The molecular formula is C19H33N3O. The van der Waals surface area contributed by atoms with E-state index in [1.165, 1.54) is 38.5 Å². The van der Waals surface area contributed by atoms with Crippen LogP contribution in [-0.2, 0) is 4.79 Å². The lowest BCUT2D eigenvalue weighted by Crippen LogP contribution is -2.48. The SMILES string of the molecule is O=C(CC12CC3CC(CC(C3)C1)C2)NCCCN1CCNCC1. The van der Waals surface area contributed by atoms with Crippen LogP contribution in [0.4, 0.5) is 0 Å². The number of amides is 1. The van der Waals surface area contributed by atoms with Gasteiger partial charge in [0.1, 0.15) is 0 Å². The number of piperazine rings is 1. The Kier molecular flexibility index (Phi) is 4.64. The van der Waals surface area contributed by atoms with Gasteiger partial charge in [-0.3, -0.25) is 4.79 Å². The van der Waals surface area contributed by atoms with Gasteiger partial charge in [-0.2, -0.15) is 0 Å². The first-order valence-electron chi connectivity index (χ1n) is 9.91. The van der Waals surface area contributed by atoms with E-state index in [-0.39, 0.29) is 0 Å². The van der Waals surface area contributed by atoms with Crippen LogP contribution in [0.25, 0.3) is 0 Å². The van der Waals surface area contributed by atoms with Crippen LogP contribution in [0.5, 0.6) is 0 Å². The van der Waals surface area contributed by atoms with Gasteiger partial charge in [0, 0.05) is 39.1 Å². The summed E-state index contributed by atoms with van der Waals surface area (Å²) >= 11 is 0. The van der Waals surface area contributed by atoms with Gasteiger partial charge >= 0.3 is 0 Å². The number of hydrogen-bond donors (Lipinski definition) is 2. The van der Waals surface area contributed by atoms with Gasteiger partial charge in [-0.25, -0.2) is 0 Å². The molecule has 0 aromatic heterocycles. The van der Waals surface area contributed by atoms with Crippen molar-refractivity contribution in [2.24, 2.45) is 23.2 Å². The van der Waals surface area contributed by atoms with Crippen LogP contribution in [0.1, 0.15) is 51.4 Å². The number of nitrogens with zero attached hydrogens (tertiary/aromatic N) is 1. The first-order chi connectivity index (χ1) is 11.2. The lowest BCUT2D eigenvalue weighted by molar-refractivity contribution is -0.129. The summed E-state index contributed by atoms with van der Waals surface area (Å²) in [6.07, 6.45) is 10.3. The molecule has 0 unspecified atom stereocenters. The Hall–Kier alpha value is -0.610. The summed E-state index contributed by atoms with van der Waals surface area (Å²) in [6.45, 7) is 6.51. The second-order valence-corrected chi connectivity index (χ2v) is 8.89. The first-order valence-corrected chi connectivity index (χ1v) is 9.91. The second kappa shape index (κ2) is 6.72. The Morgan fingerprint density at radius 1 is 1.04 bits per heavy atom. The van der Waals surface area contributed by atoms with Crippen LogP contribution >= 0.6 is 0 Å². The first kappa shape index (κ1) is 15.9. The third kappa shape index (κ3) is 3.74. The number of hydrogen-bond acceptors (Lipinski definition) is 3. The molecule has 5 rings (SSSR count). The van der Waals surface area contributed by atoms with E-state index in [1.54, 1.807) is 0 Å². The van der Waals surface area contributed by atoms with E-state index < -0.39 is 0 Å². The highest BCUT2D eigenvalue weighted by atomic mass is 16.1. The molecule has 0 aromatic carbocycles. The molecule has 23 heavy (non-hydrogen) atoms. The third-order valence-electron chi connectivity index (χ3n) is 6.88. The van der Waals surface area contributed by atoms with Crippen LogP contribution in [-0.4, -0.2) is 50.1 Å². The molecule has 4 aliphatic carbocycles. The maximum absolute atomic E-state index is 12.4. The maximum atomic E-state index is 12.4. The zero-order valence-corrected chi connectivity index (χ0v) is 14.5. The highest BCUT2D eigenvalue weighted by Crippen LogP contribution is 2.61. The lowest BCUT2D eigenvalue weighted by atomic mass is 9.49. The molecule has 4 saturated carbocycles. The van der Waals surface area contributed by atoms with Crippen molar-refractivity contribution in [3.63, 3.8) is 0 Å². The van der Waals surface area contributed by atoms with Gasteiger partial charge in [0.05, 0.1) is 0 Å². The Labute approximate surface area is 140 Å². The fraction of sp³-hybridized carbons (Fsp3) is 0.947. The van der Waals surface area contributed by atoms with Crippen molar-refractivity contribution >= 4 is 5.91 Å². The summed E-state index contributed by atoms with van der Waals surface area (Å²) in [5, 5.41) is 6.60. The highest BCUT2D eigenvalue weighted by molar-refractivity contribution is 5.76. The molecule has 1 aliphatic heterocycles. The van der Waals surface area contributed by atoms with E-state index in [0.717, 1.165) is 69.9 Å². The smallest absolute Gasteiger partial charge is 0.220 e. The molecule has 5 aliphatic rings. The average molecular weight is 319 g/mol. The van der Waals surface area contributed by atoms with Gasteiger partial charge in [0.2, 0.25) is 5.91 Å². The fourth-order valence-electron chi connectivity index (χ4n) is 6.37. The molecule has 1 amide bonds. The van der Waals surface area contributed by atoms with Gasteiger partial charge in [-0.15, -0.1) is 0 Å². The van der Waals surface area contributed by atoms with Crippen LogP contribution in [0, 0.1) is 23.2 Å². The molecule has 0 spiro atoms. The summed E-state index contributed by atoms with van der Waals surface area (Å²) in [4.78, 5) is 14.9. The van der Waals surface area contributed by atoms with Crippen LogP contribution in [0.15, 0.2) is 0 Å². The molecular weight excluding hydrogens is 286 g/mol. The van der Waals surface area contributed by atoms with Crippen molar-refractivity contribution in [1.29, 1.82) is 0 Å². The number of rotatable bonds is 6. The molecule has 4 heteroatoms. The zero-order valence-electron chi connectivity index (χ0n) is 14.5. The normalized spacial score (nSPS) is 39.6. The van der Waals surface area contributed by atoms with Crippen molar-refractivity contribution in [2.45, 2.75) is 51.4 Å². The molecule has 2 N–H and O–H groups in total. The zero-order chi connectivity index (χ0) is 15.7. The van der Waals surface area contributed by atoms with E-state index in [2.05, 4.69) is 15.5 Å². The van der Waals surface area contributed by atoms with Gasteiger partial charge in [0.15, 0.2) is 0 Å². The van der Waals surface area contributed by atoms with Crippen molar-refractivity contribution in [1.82, 2.24) is 15.5 Å². The largest absolute Gasteiger partial charge is 0.356 e. The number of carbonyl (C=O) groups excluding carboxylic acids is 1. The number of nitrogens with one attached hydrogen (secondary N) is 2. The molecule has 1 saturated heterocycles. The molecule has 1 heterocycles. The van der Waals surface area contributed by atoms with Crippen LogP contribution < -0.4 is 10.6 Å². The predicted octanol–water partition coefficient (Wildman–Crippen LogP) is 2.00. The Morgan fingerprint density at radius 3 is 2.26 bits per heavy atom. The van der Waals surface area contributed by atoms with Crippen molar-refractivity contribution in [2.75, 3.05) is 39.3 Å². The Balaban J connectivity index is 1.18. The molecule has 0 atom stereocenters. The molecule has 130 valence electrons. The van der Waals surface area contributed by atoms with E-state index in [1.807, 2.05) is 0 Å². The minimum atomic E-state index is 0.326. The Bertz CT molecular complexity index is 395. The van der Waals surface area contributed by atoms with Gasteiger partial charge < -0.3 is 15.5 Å². The monoisotopic (exact) mass is 319 g/mol. The highest BCUT2D eigenvalue weighted by Gasteiger charge is 2.51. The standard InChI is InChI=1S/C19H33N3O/c23-18(21-2-1-5-22-6-3-20-4-7-22)14-19-11-15-8-16(12-19)10-17(9-15)13-19/h15-17,20H,1-14H2,(H,21,23). The summed E-state index contributed by atoms with van der Waals surface area (Å²) in [5.41, 5.74) is 0.386. The van der Waals surface area contributed by atoms with E-state index in [4.69, 9.17) is 0 Å². The van der Waals surface area contributed by atoms with Crippen molar-refractivity contribution in [3.05, 3.63) is 0 Å². The maximum Gasteiger partial charge on any atom is 0.220 e. The molecule has 4 nitrogen and oxygen atoms in total. The van der Waals surface area contributed by atoms with Gasteiger partial charge in [0.25, 0.3) is 0 Å². The average Bonchev–Trinajstić information content (AvgIpc) is 2.51. The molecule has 0 radical (unpaired) electrons. The fourth-order valence-corrected chi connectivity index (χ4v) is 6.37. The second-order valence-electron chi connectivity index (χ2n) is 8.89. The summed E-state index contributed by atoms with van der Waals surface area (Å²) < 4.78 is 0. The van der Waals surface area contributed by atoms with Crippen molar-refractivity contribution in [3.8, 4) is 0 Å². The Morgan fingerprint density at radius 2 is 1.65 bits per heavy atom. The minimum absolute atomic E-state index is 0.326. The lowest BCUT2D eigenvalue weighted by Gasteiger charge is -2.56.